The molecule has 0 saturated carbocycles. The van der Waals surface area contributed by atoms with E-state index in [0.717, 1.165) is 62.6 Å². The number of anilines is 2. The minimum atomic E-state index is 0.507. The van der Waals surface area contributed by atoms with Gasteiger partial charge in [-0.15, -0.1) is 11.8 Å². The monoisotopic (exact) mass is 406 g/mol. The van der Waals surface area contributed by atoms with E-state index in [1.54, 1.807) is 0 Å². The van der Waals surface area contributed by atoms with Crippen LogP contribution < -0.4 is 10.2 Å². The Labute approximate surface area is 170 Å². The Hall–Kier alpha value is -0.700. The van der Waals surface area contributed by atoms with E-state index in [0.29, 0.717) is 12.1 Å². The zero-order valence-corrected chi connectivity index (χ0v) is 18.0. The SMILES string of the molecule is CC(CNc1nc2c(c(N3C[C@@H]4C[C@H]3CS4)n1)SCC2)N1CCN(C)CC1. The van der Waals surface area contributed by atoms with Crippen LogP contribution in [0, 0.1) is 0 Å². The fraction of sp³-hybridized carbons (Fsp3) is 0.789. The van der Waals surface area contributed by atoms with Crippen LogP contribution in [0.5, 0.6) is 0 Å². The van der Waals surface area contributed by atoms with Gasteiger partial charge in [-0.2, -0.15) is 16.7 Å². The normalized spacial score (nSPS) is 29.3. The van der Waals surface area contributed by atoms with Crippen molar-refractivity contribution in [2.45, 2.75) is 42.0 Å². The van der Waals surface area contributed by atoms with Gasteiger partial charge in [0.15, 0.2) is 0 Å². The zero-order chi connectivity index (χ0) is 18.4. The van der Waals surface area contributed by atoms with Gasteiger partial charge in [0, 0.05) is 74.5 Å². The molecule has 4 aliphatic heterocycles. The molecule has 27 heavy (non-hydrogen) atoms. The van der Waals surface area contributed by atoms with Gasteiger partial charge in [0.25, 0.3) is 0 Å². The minimum Gasteiger partial charge on any atom is -0.353 e. The van der Waals surface area contributed by atoms with E-state index in [1.165, 1.54) is 28.6 Å². The highest BCUT2D eigenvalue weighted by atomic mass is 32.2. The first-order chi connectivity index (χ1) is 13.2. The maximum atomic E-state index is 5.02. The third kappa shape index (κ3) is 3.66. The largest absolute Gasteiger partial charge is 0.353 e. The van der Waals surface area contributed by atoms with Gasteiger partial charge in [0.1, 0.15) is 5.82 Å². The van der Waals surface area contributed by atoms with Crippen LogP contribution in [0.4, 0.5) is 11.8 Å². The van der Waals surface area contributed by atoms with Crippen molar-refractivity contribution in [1.29, 1.82) is 0 Å². The summed E-state index contributed by atoms with van der Waals surface area (Å²) in [5, 5.41) is 4.38. The van der Waals surface area contributed by atoms with Crippen molar-refractivity contribution in [2.24, 2.45) is 0 Å². The number of fused-ring (bicyclic) bond motifs is 3. The molecule has 5 rings (SSSR count). The van der Waals surface area contributed by atoms with Gasteiger partial charge in [-0.05, 0) is 20.4 Å². The Morgan fingerprint density at radius 1 is 1.22 bits per heavy atom. The van der Waals surface area contributed by atoms with Gasteiger partial charge in [0.2, 0.25) is 5.95 Å². The lowest BCUT2D eigenvalue weighted by Gasteiger charge is -2.36. The molecule has 8 heteroatoms. The number of nitrogens with one attached hydrogen (secondary N) is 1. The first kappa shape index (κ1) is 18.3. The van der Waals surface area contributed by atoms with Gasteiger partial charge >= 0.3 is 0 Å². The van der Waals surface area contributed by atoms with Crippen molar-refractivity contribution in [2.75, 3.05) is 68.0 Å². The molecule has 0 spiro atoms. The van der Waals surface area contributed by atoms with E-state index >= 15 is 0 Å². The van der Waals surface area contributed by atoms with Crippen LogP contribution in [0.1, 0.15) is 19.0 Å². The Morgan fingerprint density at radius 2 is 2.07 bits per heavy atom. The summed E-state index contributed by atoms with van der Waals surface area (Å²) in [6.45, 7) is 9.03. The molecule has 1 N–H and O–H groups in total. The lowest BCUT2D eigenvalue weighted by molar-refractivity contribution is 0.123. The summed E-state index contributed by atoms with van der Waals surface area (Å²) in [6, 6.07) is 1.19. The summed E-state index contributed by atoms with van der Waals surface area (Å²) in [6.07, 6.45) is 2.41. The molecule has 1 aromatic rings. The molecular weight excluding hydrogens is 376 g/mol. The first-order valence-corrected chi connectivity index (χ1v) is 12.3. The molecule has 1 unspecified atom stereocenters. The quantitative estimate of drug-likeness (QED) is 0.795. The standard InChI is InChI=1S/C19H30N6S2/c1-13(24-6-4-23(2)5-7-24)10-20-19-21-16-3-8-26-17(16)18(22-19)25-11-15-9-14(25)12-27-15/h13-15H,3-12H2,1-2H3,(H,20,21,22)/t13?,14-,15-/m0/s1. The summed E-state index contributed by atoms with van der Waals surface area (Å²) in [4.78, 5) is 18.8. The Bertz CT molecular complexity index is 693. The van der Waals surface area contributed by atoms with Crippen molar-refractivity contribution >= 4 is 35.3 Å². The Balaban J connectivity index is 1.29. The predicted molar refractivity (Wildman–Crippen MR) is 115 cm³/mol. The second-order valence-corrected chi connectivity index (χ2v) is 10.8. The van der Waals surface area contributed by atoms with E-state index in [1.807, 2.05) is 11.8 Å². The van der Waals surface area contributed by atoms with Crippen molar-refractivity contribution in [1.82, 2.24) is 19.8 Å². The van der Waals surface area contributed by atoms with Gasteiger partial charge in [-0.1, -0.05) is 0 Å². The topological polar surface area (TPSA) is 47.5 Å². The second-order valence-electron chi connectivity index (χ2n) is 8.31. The molecule has 3 saturated heterocycles. The van der Waals surface area contributed by atoms with Crippen molar-refractivity contribution in [3.63, 3.8) is 0 Å². The maximum absolute atomic E-state index is 5.02. The molecule has 0 radical (unpaired) electrons. The third-order valence-corrected chi connectivity index (χ3v) is 8.90. The number of aromatic nitrogens is 2. The lowest BCUT2D eigenvalue weighted by atomic mass is 10.2. The van der Waals surface area contributed by atoms with Crippen LogP contribution in [0.15, 0.2) is 4.90 Å². The van der Waals surface area contributed by atoms with Crippen molar-refractivity contribution in [3.8, 4) is 0 Å². The molecule has 0 aliphatic carbocycles. The highest BCUT2D eigenvalue weighted by Gasteiger charge is 2.41. The van der Waals surface area contributed by atoms with E-state index in [4.69, 9.17) is 9.97 Å². The maximum Gasteiger partial charge on any atom is 0.225 e. The summed E-state index contributed by atoms with van der Waals surface area (Å²) < 4.78 is 0. The minimum absolute atomic E-state index is 0.507. The number of nitrogens with zero attached hydrogens (tertiary/aromatic N) is 5. The zero-order valence-electron chi connectivity index (χ0n) is 16.4. The molecule has 3 fully saturated rings. The highest BCUT2D eigenvalue weighted by Crippen LogP contribution is 2.45. The average Bonchev–Trinajstić information content (AvgIpc) is 3.42. The molecule has 6 nitrogen and oxygen atoms in total. The van der Waals surface area contributed by atoms with Gasteiger partial charge in [-0.25, -0.2) is 4.98 Å². The number of rotatable bonds is 5. The molecule has 1 aromatic heterocycles. The van der Waals surface area contributed by atoms with Crippen LogP contribution in [0.3, 0.4) is 0 Å². The van der Waals surface area contributed by atoms with Crippen LogP contribution in [-0.2, 0) is 6.42 Å². The van der Waals surface area contributed by atoms with Crippen LogP contribution >= 0.6 is 23.5 Å². The van der Waals surface area contributed by atoms with Crippen LogP contribution in [0.25, 0.3) is 0 Å². The van der Waals surface area contributed by atoms with E-state index in [9.17, 15) is 0 Å². The van der Waals surface area contributed by atoms with Gasteiger partial charge < -0.3 is 15.1 Å². The van der Waals surface area contributed by atoms with Gasteiger partial charge in [-0.3, -0.25) is 4.90 Å². The van der Waals surface area contributed by atoms with E-state index in [2.05, 4.69) is 45.7 Å². The predicted octanol–water partition coefficient (Wildman–Crippen LogP) is 1.87. The summed E-state index contributed by atoms with van der Waals surface area (Å²) >= 11 is 4.09. The summed E-state index contributed by atoms with van der Waals surface area (Å²) in [7, 11) is 2.21. The molecular formula is C19H30N6S2. The van der Waals surface area contributed by atoms with Crippen LogP contribution in [-0.4, -0.2) is 94.9 Å². The van der Waals surface area contributed by atoms with Crippen LogP contribution in [0.2, 0.25) is 0 Å². The molecule has 2 bridgehead atoms. The molecule has 0 amide bonds. The number of thioether (sulfide) groups is 2. The molecule has 5 heterocycles. The van der Waals surface area contributed by atoms with Gasteiger partial charge in [0.05, 0.1) is 10.6 Å². The third-order valence-electron chi connectivity index (χ3n) is 6.39. The Kier molecular flexibility index (Phi) is 5.17. The van der Waals surface area contributed by atoms with Crippen molar-refractivity contribution < 1.29 is 0 Å². The van der Waals surface area contributed by atoms with Crippen molar-refractivity contribution in [3.05, 3.63) is 5.69 Å². The summed E-state index contributed by atoms with van der Waals surface area (Å²) in [5.41, 5.74) is 1.26. The number of hydrogen-bond donors (Lipinski definition) is 1. The first-order valence-electron chi connectivity index (χ1n) is 10.3. The Morgan fingerprint density at radius 3 is 2.81 bits per heavy atom. The summed E-state index contributed by atoms with van der Waals surface area (Å²) in [5.74, 6) is 4.46. The number of piperazine rings is 1. The van der Waals surface area contributed by atoms with E-state index in [-0.39, 0.29) is 0 Å². The average molecular weight is 407 g/mol. The molecule has 0 aromatic carbocycles. The molecule has 3 atom stereocenters. The molecule has 148 valence electrons. The van der Waals surface area contributed by atoms with E-state index < -0.39 is 0 Å². The lowest BCUT2D eigenvalue weighted by Crippen LogP contribution is -2.50. The fourth-order valence-corrected chi connectivity index (χ4v) is 7.15. The number of hydrogen-bond acceptors (Lipinski definition) is 8. The fourth-order valence-electron chi connectivity index (χ4n) is 4.61. The highest BCUT2D eigenvalue weighted by molar-refractivity contribution is 8.00. The number of likely N-dealkylation sites (N-methyl/N-ethyl adjacent to an activating group) is 1. The molecule has 4 aliphatic rings. The second kappa shape index (κ2) is 7.61. The number of aryl methyl sites for hydroxylation is 1. The smallest absolute Gasteiger partial charge is 0.225 e.